The molecule has 0 saturated carbocycles. The van der Waals surface area contributed by atoms with Crippen molar-refractivity contribution in [2.24, 2.45) is 7.05 Å². The summed E-state index contributed by atoms with van der Waals surface area (Å²) in [5.41, 5.74) is 1.42. The Morgan fingerprint density at radius 2 is 2.10 bits per heavy atom. The number of nitrogens with zero attached hydrogens (tertiary/aromatic N) is 3. The number of nitrogens with one attached hydrogen (secondary N) is 1. The molecular formula is C23H24N4O4. The number of carbonyl (C=O) groups is 2. The highest BCUT2D eigenvalue weighted by molar-refractivity contribution is 6.00. The molecule has 1 aliphatic heterocycles. The molecule has 8 nitrogen and oxygen atoms in total. The number of methoxy groups -OCH3 is 1. The van der Waals surface area contributed by atoms with Crippen LogP contribution < -0.4 is 19.7 Å². The normalized spacial score (nSPS) is 14.3. The van der Waals surface area contributed by atoms with Gasteiger partial charge in [-0.15, -0.1) is 0 Å². The Hall–Kier alpha value is -3.81. The number of anilines is 1. The van der Waals surface area contributed by atoms with Gasteiger partial charge in [-0.3, -0.25) is 14.5 Å². The molecule has 0 bridgehead atoms. The maximum Gasteiger partial charge on any atom is 0.240 e. The standard InChI is InChI=1S/C23H24N4O4/c1-26-12-11-24-23(26)22(16-6-5-7-17(14-16)30-2)25-20(28)15-27-18-8-3-4-9-19(18)31-13-10-21(27)29/h3-9,11-12,14,22H,10,13,15H2,1-2H3,(H,25,28)/t22-/m1/s1. The minimum Gasteiger partial charge on any atom is -0.497 e. The smallest absolute Gasteiger partial charge is 0.240 e. The molecule has 0 saturated heterocycles. The van der Waals surface area contributed by atoms with E-state index < -0.39 is 6.04 Å². The largest absolute Gasteiger partial charge is 0.497 e. The van der Waals surface area contributed by atoms with Gasteiger partial charge in [0, 0.05) is 19.4 Å². The van der Waals surface area contributed by atoms with E-state index in [0.29, 0.717) is 23.0 Å². The van der Waals surface area contributed by atoms with Crippen LogP contribution in [0.5, 0.6) is 11.5 Å². The number of benzene rings is 2. The molecule has 1 aliphatic rings. The van der Waals surface area contributed by atoms with E-state index >= 15 is 0 Å². The fraction of sp³-hybridized carbons (Fsp3) is 0.261. The predicted octanol–water partition coefficient (Wildman–Crippen LogP) is 2.45. The second-order valence-corrected chi connectivity index (χ2v) is 7.22. The first-order valence-electron chi connectivity index (χ1n) is 9.99. The number of rotatable bonds is 6. The van der Waals surface area contributed by atoms with Gasteiger partial charge >= 0.3 is 0 Å². The zero-order valence-electron chi connectivity index (χ0n) is 17.4. The molecule has 2 heterocycles. The second-order valence-electron chi connectivity index (χ2n) is 7.22. The van der Waals surface area contributed by atoms with Crippen molar-refractivity contribution in [2.75, 3.05) is 25.2 Å². The number of amides is 2. The van der Waals surface area contributed by atoms with Crippen molar-refractivity contribution >= 4 is 17.5 Å². The number of imidazole rings is 1. The first kappa shape index (κ1) is 20.5. The van der Waals surface area contributed by atoms with Crippen LogP contribution in [0.1, 0.15) is 23.9 Å². The van der Waals surface area contributed by atoms with Gasteiger partial charge in [0.2, 0.25) is 11.8 Å². The summed E-state index contributed by atoms with van der Waals surface area (Å²) in [5, 5.41) is 3.03. The van der Waals surface area contributed by atoms with Gasteiger partial charge in [-0.05, 0) is 29.8 Å². The molecule has 0 fully saturated rings. The Labute approximate surface area is 180 Å². The van der Waals surface area contributed by atoms with Crippen LogP contribution in [0.3, 0.4) is 0 Å². The highest BCUT2D eigenvalue weighted by Crippen LogP contribution is 2.31. The zero-order valence-corrected chi connectivity index (χ0v) is 17.4. The Morgan fingerprint density at radius 3 is 2.87 bits per heavy atom. The van der Waals surface area contributed by atoms with Gasteiger partial charge in [-0.25, -0.2) is 4.98 Å². The van der Waals surface area contributed by atoms with Crippen LogP contribution in [-0.4, -0.2) is 41.6 Å². The molecule has 0 aliphatic carbocycles. The third kappa shape index (κ3) is 4.37. The van der Waals surface area contributed by atoms with Crippen molar-refractivity contribution in [1.29, 1.82) is 0 Å². The SMILES string of the molecule is COc1cccc([C@@H](NC(=O)CN2C(=O)CCOc3ccccc32)c2nccn2C)c1. The first-order valence-corrected chi connectivity index (χ1v) is 9.99. The molecule has 1 atom stereocenters. The predicted molar refractivity (Wildman–Crippen MR) is 115 cm³/mol. The molecule has 0 spiro atoms. The van der Waals surface area contributed by atoms with E-state index in [4.69, 9.17) is 9.47 Å². The molecule has 160 valence electrons. The van der Waals surface area contributed by atoms with Crippen molar-refractivity contribution in [3.05, 3.63) is 72.3 Å². The average Bonchev–Trinajstić information content (AvgIpc) is 3.14. The molecule has 0 unspecified atom stereocenters. The molecule has 3 aromatic rings. The summed E-state index contributed by atoms with van der Waals surface area (Å²) in [4.78, 5) is 31.7. The van der Waals surface area contributed by atoms with Crippen molar-refractivity contribution < 1.29 is 19.1 Å². The van der Waals surface area contributed by atoms with Crippen LogP contribution in [0.25, 0.3) is 0 Å². The van der Waals surface area contributed by atoms with Gasteiger partial charge < -0.3 is 19.4 Å². The average molecular weight is 420 g/mol. The molecule has 2 amide bonds. The maximum atomic E-state index is 13.1. The van der Waals surface area contributed by atoms with E-state index in [9.17, 15) is 9.59 Å². The molecule has 31 heavy (non-hydrogen) atoms. The third-order valence-electron chi connectivity index (χ3n) is 5.18. The molecule has 1 aromatic heterocycles. The minimum absolute atomic E-state index is 0.121. The van der Waals surface area contributed by atoms with E-state index in [2.05, 4.69) is 10.3 Å². The lowest BCUT2D eigenvalue weighted by Gasteiger charge is -2.24. The van der Waals surface area contributed by atoms with Gasteiger partial charge in [-0.1, -0.05) is 24.3 Å². The van der Waals surface area contributed by atoms with Gasteiger partial charge in [0.25, 0.3) is 0 Å². The fourth-order valence-electron chi connectivity index (χ4n) is 3.62. The number of aryl methyl sites for hydroxylation is 1. The summed E-state index contributed by atoms with van der Waals surface area (Å²) < 4.78 is 12.9. The van der Waals surface area contributed by atoms with Gasteiger partial charge in [-0.2, -0.15) is 0 Å². The Bertz CT molecular complexity index is 1090. The lowest BCUT2D eigenvalue weighted by molar-refractivity contribution is -0.124. The number of fused-ring (bicyclic) bond motifs is 1. The van der Waals surface area contributed by atoms with E-state index in [1.165, 1.54) is 4.90 Å². The van der Waals surface area contributed by atoms with Crippen LogP contribution in [0.2, 0.25) is 0 Å². The summed E-state index contributed by atoms with van der Waals surface area (Å²) in [6.07, 6.45) is 3.71. The van der Waals surface area contributed by atoms with Crippen molar-refractivity contribution in [3.8, 4) is 11.5 Å². The number of para-hydroxylation sites is 2. The molecular weight excluding hydrogens is 396 g/mol. The Morgan fingerprint density at radius 1 is 1.26 bits per heavy atom. The van der Waals surface area contributed by atoms with Crippen molar-refractivity contribution in [3.63, 3.8) is 0 Å². The highest BCUT2D eigenvalue weighted by atomic mass is 16.5. The van der Waals surface area contributed by atoms with Gasteiger partial charge in [0.1, 0.15) is 29.9 Å². The van der Waals surface area contributed by atoms with Crippen LogP contribution in [0, 0.1) is 0 Å². The topological polar surface area (TPSA) is 85.7 Å². The summed E-state index contributed by atoms with van der Waals surface area (Å²) in [7, 11) is 3.46. The number of ether oxygens (including phenoxy) is 2. The maximum absolute atomic E-state index is 13.1. The highest BCUT2D eigenvalue weighted by Gasteiger charge is 2.27. The second kappa shape index (κ2) is 8.91. The monoisotopic (exact) mass is 420 g/mol. The molecule has 2 aromatic carbocycles. The van der Waals surface area contributed by atoms with Crippen molar-refractivity contribution in [2.45, 2.75) is 12.5 Å². The lowest BCUT2D eigenvalue weighted by Crippen LogP contribution is -2.42. The number of carbonyl (C=O) groups excluding carboxylic acids is 2. The number of hydrogen-bond donors (Lipinski definition) is 1. The van der Waals surface area contributed by atoms with Crippen LogP contribution in [-0.2, 0) is 16.6 Å². The summed E-state index contributed by atoms with van der Waals surface area (Å²) in [6, 6.07) is 14.2. The Balaban J connectivity index is 1.61. The van der Waals surface area contributed by atoms with E-state index in [1.54, 1.807) is 25.4 Å². The van der Waals surface area contributed by atoms with Gasteiger partial charge in [0.05, 0.1) is 25.8 Å². The summed E-state index contributed by atoms with van der Waals surface area (Å²) >= 11 is 0. The number of aromatic nitrogens is 2. The Kier molecular flexibility index (Phi) is 5.88. The molecule has 4 rings (SSSR count). The first-order chi connectivity index (χ1) is 15.1. The fourth-order valence-corrected chi connectivity index (χ4v) is 3.62. The number of hydrogen-bond acceptors (Lipinski definition) is 5. The third-order valence-corrected chi connectivity index (χ3v) is 5.18. The quantitative estimate of drug-likeness (QED) is 0.662. The van der Waals surface area contributed by atoms with E-state index in [-0.39, 0.29) is 31.4 Å². The van der Waals surface area contributed by atoms with E-state index in [0.717, 1.165) is 5.56 Å². The van der Waals surface area contributed by atoms with E-state index in [1.807, 2.05) is 54.2 Å². The molecule has 8 heteroatoms. The molecule has 1 N–H and O–H groups in total. The zero-order chi connectivity index (χ0) is 21.8. The summed E-state index contributed by atoms with van der Waals surface area (Å²) in [5.74, 6) is 1.48. The summed E-state index contributed by atoms with van der Waals surface area (Å²) in [6.45, 7) is 0.164. The minimum atomic E-state index is -0.504. The van der Waals surface area contributed by atoms with Crippen molar-refractivity contribution in [1.82, 2.24) is 14.9 Å². The van der Waals surface area contributed by atoms with Crippen LogP contribution in [0.4, 0.5) is 5.69 Å². The lowest BCUT2D eigenvalue weighted by atomic mass is 10.1. The van der Waals surface area contributed by atoms with Gasteiger partial charge in [0.15, 0.2) is 0 Å². The van der Waals surface area contributed by atoms with Crippen LogP contribution in [0.15, 0.2) is 60.9 Å². The van der Waals surface area contributed by atoms with Crippen LogP contribution >= 0.6 is 0 Å². The molecule has 0 radical (unpaired) electrons.